The Morgan fingerprint density at radius 3 is 1.48 bits per heavy atom. The van der Waals surface area contributed by atoms with Gasteiger partial charge in [0.2, 0.25) is 0 Å². The molecule has 230 valence electrons. The van der Waals surface area contributed by atoms with Crippen molar-refractivity contribution in [3.63, 3.8) is 0 Å². The van der Waals surface area contributed by atoms with E-state index in [2.05, 4.69) is 100 Å². The third-order valence-electron chi connectivity index (χ3n) is 9.60. The molecule has 0 bridgehead atoms. The first-order valence-electron chi connectivity index (χ1n) is 16.3. The zero-order chi connectivity index (χ0) is 33.8. The molecule has 0 spiro atoms. The standard InChI is InChI=1S/C45H25N5/c46-26-29-9-7-10-32(23-29)33-14-8-18-44(50-40-16-5-2-12-35(40)38-25-31(28-48)20-22-43(38)50)45(33)36-13-3-6-17-41(36)49-39-15-4-1-11-34(39)37-24-30(27-47)19-21-42(37)49/h1-25H. The van der Waals surface area contributed by atoms with Gasteiger partial charge in [-0.1, -0.05) is 78.9 Å². The molecule has 0 aliphatic rings. The molecular weight excluding hydrogens is 611 g/mol. The van der Waals surface area contributed by atoms with Crippen LogP contribution in [-0.2, 0) is 0 Å². The molecule has 5 nitrogen and oxygen atoms in total. The lowest BCUT2D eigenvalue weighted by atomic mass is 9.91. The first-order chi connectivity index (χ1) is 24.7. The molecule has 0 fully saturated rings. The second kappa shape index (κ2) is 11.4. The molecule has 2 heterocycles. The van der Waals surface area contributed by atoms with E-state index >= 15 is 0 Å². The summed E-state index contributed by atoms with van der Waals surface area (Å²) in [6.07, 6.45) is 0. The van der Waals surface area contributed by atoms with Crippen LogP contribution in [0.4, 0.5) is 0 Å². The van der Waals surface area contributed by atoms with E-state index in [-0.39, 0.29) is 0 Å². The van der Waals surface area contributed by atoms with Crippen LogP contribution in [0.2, 0.25) is 0 Å². The van der Waals surface area contributed by atoms with Gasteiger partial charge in [0, 0.05) is 32.7 Å². The summed E-state index contributed by atoms with van der Waals surface area (Å²) in [4.78, 5) is 0. The summed E-state index contributed by atoms with van der Waals surface area (Å²) >= 11 is 0. The summed E-state index contributed by atoms with van der Waals surface area (Å²) in [5.74, 6) is 0. The molecule has 0 atom stereocenters. The molecule has 5 heteroatoms. The van der Waals surface area contributed by atoms with E-state index in [4.69, 9.17) is 0 Å². The van der Waals surface area contributed by atoms with Gasteiger partial charge in [-0.2, -0.15) is 15.8 Å². The maximum absolute atomic E-state index is 9.89. The van der Waals surface area contributed by atoms with Crippen LogP contribution in [0.25, 0.3) is 77.2 Å². The SMILES string of the molecule is N#Cc1cccc(-c2cccc(-n3c4ccccc4c4cc(C#N)ccc43)c2-c2ccccc2-n2c3ccccc3c3cc(C#N)ccc32)c1. The molecule has 0 saturated heterocycles. The number of hydrogen-bond donors (Lipinski definition) is 0. The molecule has 0 amide bonds. The van der Waals surface area contributed by atoms with Crippen LogP contribution in [0.3, 0.4) is 0 Å². The highest BCUT2D eigenvalue weighted by Gasteiger charge is 2.23. The van der Waals surface area contributed by atoms with Crippen LogP contribution in [0, 0.1) is 34.0 Å². The van der Waals surface area contributed by atoms with E-state index in [9.17, 15) is 15.8 Å². The van der Waals surface area contributed by atoms with Gasteiger partial charge in [-0.3, -0.25) is 0 Å². The van der Waals surface area contributed by atoms with Crippen molar-refractivity contribution in [2.45, 2.75) is 0 Å². The maximum Gasteiger partial charge on any atom is 0.0991 e. The summed E-state index contributed by atoms with van der Waals surface area (Å²) in [5, 5.41) is 33.6. The molecule has 0 saturated carbocycles. The highest BCUT2D eigenvalue weighted by atomic mass is 15.0. The first-order valence-corrected chi connectivity index (χ1v) is 16.3. The van der Waals surface area contributed by atoms with E-state index in [1.165, 1.54) is 0 Å². The lowest BCUT2D eigenvalue weighted by Crippen LogP contribution is -2.03. The molecule has 9 rings (SSSR count). The molecule has 0 unspecified atom stereocenters. The highest BCUT2D eigenvalue weighted by molar-refractivity contribution is 6.12. The quantitative estimate of drug-likeness (QED) is 0.193. The topological polar surface area (TPSA) is 81.2 Å². The molecule has 0 aliphatic heterocycles. The number of rotatable bonds is 4. The largest absolute Gasteiger partial charge is 0.309 e. The number of nitrogens with zero attached hydrogens (tertiary/aromatic N) is 5. The summed E-state index contributed by atoms with van der Waals surface area (Å²) in [6, 6.07) is 57.9. The number of benzene rings is 7. The van der Waals surface area contributed by atoms with Gasteiger partial charge in [-0.05, 0) is 83.9 Å². The lowest BCUT2D eigenvalue weighted by molar-refractivity contribution is 1.16. The lowest BCUT2D eigenvalue weighted by Gasteiger charge is -2.21. The van der Waals surface area contributed by atoms with Crippen molar-refractivity contribution in [2.75, 3.05) is 0 Å². The minimum absolute atomic E-state index is 0.587. The Morgan fingerprint density at radius 1 is 0.360 bits per heavy atom. The Labute approximate surface area is 287 Å². The van der Waals surface area contributed by atoms with Gasteiger partial charge in [0.1, 0.15) is 0 Å². The fourth-order valence-electron chi connectivity index (χ4n) is 7.49. The van der Waals surface area contributed by atoms with Crippen LogP contribution < -0.4 is 0 Å². The molecule has 9 aromatic rings. The Morgan fingerprint density at radius 2 is 0.840 bits per heavy atom. The van der Waals surface area contributed by atoms with Crippen molar-refractivity contribution >= 4 is 43.6 Å². The first kappa shape index (κ1) is 28.8. The fourth-order valence-corrected chi connectivity index (χ4v) is 7.49. The fraction of sp³-hybridized carbons (Fsp3) is 0. The molecule has 0 aliphatic carbocycles. The average Bonchev–Trinajstić information content (AvgIpc) is 3.69. The molecule has 7 aromatic carbocycles. The zero-order valence-corrected chi connectivity index (χ0v) is 26.7. The highest BCUT2D eigenvalue weighted by Crippen LogP contribution is 2.44. The molecule has 2 aromatic heterocycles. The molecule has 50 heavy (non-hydrogen) atoms. The predicted molar refractivity (Wildman–Crippen MR) is 200 cm³/mol. The Kier molecular flexibility index (Phi) is 6.56. The minimum atomic E-state index is 0.587. The normalized spacial score (nSPS) is 11.1. The van der Waals surface area contributed by atoms with E-state index < -0.39 is 0 Å². The molecule has 0 N–H and O–H groups in total. The number of aromatic nitrogens is 2. The number of hydrogen-bond acceptors (Lipinski definition) is 3. The Balaban J connectivity index is 1.44. The summed E-state index contributed by atoms with van der Waals surface area (Å²) in [7, 11) is 0. The average molecular weight is 636 g/mol. The van der Waals surface area contributed by atoms with E-state index in [1.54, 1.807) is 0 Å². The second-order valence-electron chi connectivity index (χ2n) is 12.3. The van der Waals surface area contributed by atoms with Crippen molar-refractivity contribution in [1.82, 2.24) is 9.13 Å². The third-order valence-corrected chi connectivity index (χ3v) is 9.60. The predicted octanol–water partition coefficient (Wildman–Crippen LogP) is 10.8. The number of fused-ring (bicyclic) bond motifs is 6. The van der Waals surface area contributed by atoms with Crippen molar-refractivity contribution in [3.8, 4) is 51.8 Å². The van der Waals surface area contributed by atoms with Crippen LogP contribution in [-0.4, -0.2) is 9.13 Å². The van der Waals surface area contributed by atoms with Gasteiger partial charge >= 0.3 is 0 Å². The van der Waals surface area contributed by atoms with Crippen LogP contribution in [0.15, 0.2) is 152 Å². The van der Waals surface area contributed by atoms with Crippen LogP contribution in [0.5, 0.6) is 0 Å². The van der Waals surface area contributed by atoms with Crippen LogP contribution >= 0.6 is 0 Å². The zero-order valence-electron chi connectivity index (χ0n) is 26.7. The second-order valence-corrected chi connectivity index (χ2v) is 12.3. The van der Waals surface area contributed by atoms with Crippen molar-refractivity contribution < 1.29 is 0 Å². The number of nitriles is 3. The van der Waals surface area contributed by atoms with Crippen molar-refractivity contribution in [2.24, 2.45) is 0 Å². The summed E-state index contributed by atoms with van der Waals surface area (Å²) in [5.41, 5.74) is 11.8. The maximum atomic E-state index is 9.89. The van der Waals surface area contributed by atoms with Crippen molar-refractivity contribution in [3.05, 3.63) is 168 Å². The van der Waals surface area contributed by atoms with E-state index in [0.29, 0.717) is 16.7 Å². The number of para-hydroxylation sites is 3. The van der Waals surface area contributed by atoms with Gasteiger partial charge in [-0.25, -0.2) is 0 Å². The van der Waals surface area contributed by atoms with Gasteiger partial charge in [0.25, 0.3) is 0 Å². The molecular formula is C45H25N5. The summed E-state index contributed by atoms with van der Waals surface area (Å²) < 4.78 is 4.58. The van der Waals surface area contributed by atoms with Gasteiger partial charge in [0.05, 0.1) is 68.3 Å². The monoisotopic (exact) mass is 635 g/mol. The van der Waals surface area contributed by atoms with Gasteiger partial charge in [-0.15, -0.1) is 0 Å². The van der Waals surface area contributed by atoms with E-state index in [1.807, 2.05) is 78.9 Å². The summed E-state index contributed by atoms with van der Waals surface area (Å²) in [6.45, 7) is 0. The van der Waals surface area contributed by atoms with Gasteiger partial charge in [0.15, 0.2) is 0 Å². The Hall–Kier alpha value is -7.39. The van der Waals surface area contributed by atoms with Gasteiger partial charge < -0.3 is 9.13 Å². The minimum Gasteiger partial charge on any atom is -0.309 e. The Bertz CT molecular complexity index is 2970. The van der Waals surface area contributed by atoms with Crippen LogP contribution in [0.1, 0.15) is 16.7 Å². The smallest absolute Gasteiger partial charge is 0.0991 e. The molecule has 0 radical (unpaired) electrons. The van der Waals surface area contributed by atoms with E-state index in [0.717, 1.165) is 77.2 Å². The third kappa shape index (κ3) is 4.31. The van der Waals surface area contributed by atoms with Crippen molar-refractivity contribution in [1.29, 1.82) is 15.8 Å².